The molecule has 2 aromatic rings. The van der Waals surface area contributed by atoms with E-state index in [-0.39, 0.29) is 18.0 Å². The number of carbonyl (C=O) groups excluding carboxylic acids is 1. The average Bonchev–Trinajstić information content (AvgIpc) is 3.48. The summed E-state index contributed by atoms with van der Waals surface area (Å²) in [6, 6.07) is 3.86. The molecule has 1 aromatic carbocycles. The molecule has 0 radical (unpaired) electrons. The number of halogens is 3. The third-order valence-corrected chi connectivity index (χ3v) is 5.61. The Balaban J connectivity index is 1.56. The second kappa shape index (κ2) is 9.83. The van der Waals surface area contributed by atoms with Crippen LogP contribution in [0.5, 0.6) is 5.75 Å². The molecule has 170 valence electrons. The number of hydrogen-bond donors (Lipinski definition) is 0. The average molecular weight is 438 g/mol. The van der Waals surface area contributed by atoms with E-state index in [9.17, 15) is 18.0 Å². The molecule has 1 aliphatic carbocycles. The number of hydrogen-bond acceptors (Lipinski definition) is 4. The molecule has 1 heterocycles. The lowest BCUT2D eigenvalue weighted by molar-refractivity contribution is -0.137. The monoisotopic (exact) mass is 437 g/mol. The number of ether oxygens (including phenoxy) is 1. The molecule has 1 saturated carbocycles. The van der Waals surface area contributed by atoms with Crippen LogP contribution in [0.15, 0.2) is 18.2 Å². The van der Waals surface area contributed by atoms with Crippen molar-refractivity contribution in [3.63, 3.8) is 0 Å². The number of ketones is 1. The van der Waals surface area contributed by atoms with Crippen LogP contribution in [0.1, 0.15) is 74.8 Å². The van der Waals surface area contributed by atoms with Crippen LogP contribution < -0.4 is 4.74 Å². The molecule has 0 aliphatic heterocycles. The van der Waals surface area contributed by atoms with E-state index in [0.717, 1.165) is 49.5 Å². The maximum atomic E-state index is 12.9. The number of methoxy groups -OCH3 is 1. The van der Waals surface area contributed by atoms with E-state index in [1.807, 2.05) is 0 Å². The zero-order valence-corrected chi connectivity index (χ0v) is 18.3. The third kappa shape index (κ3) is 6.31. The summed E-state index contributed by atoms with van der Waals surface area (Å²) in [5, 5.41) is 8.70. The van der Waals surface area contributed by atoms with Crippen molar-refractivity contribution >= 4 is 5.78 Å². The first-order valence-corrected chi connectivity index (χ1v) is 10.9. The minimum Gasteiger partial charge on any atom is -0.496 e. The normalized spacial score (nSPS) is 14.3. The van der Waals surface area contributed by atoms with Crippen molar-refractivity contribution in [3.05, 3.63) is 41.0 Å². The quantitative estimate of drug-likeness (QED) is 0.475. The van der Waals surface area contributed by atoms with Gasteiger partial charge in [0, 0.05) is 31.7 Å². The summed E-state index contributed by atoms with van der Waals surface area (Å²) in [6.45, 7) is 4.37. The topological polar surface area (TPSA) is 57.0 Å². The van der Waals surface area contributed by atoms with E-state index in [2.05, 4.69) is 28.6 Å². The second-order valence-electron chi connectivity index (χ2n) is 8.63. The molecule has 0 bridgehead atoms. The first-order chi connectivity index (χ1) is 14.7. The van der Waals surface area contributed by atoms with Crippen LogP contribution in [0.2, 0.25) is 0 Å². The lowest BCUT2D eigenvalue weighted by Gasteiger charge is -2.12. The van der Waals surface area contributed by atoms with Crippen molar-refractivity contribution in [2.24, 2.45) is 5.92 Å². The molecule has 0 spiro atoms. The molecule has 0 amide bonds. The van der Waals surface area contributed by atoms with E-state index in [1.54, 1.807) is 0 Å². The second-order valence-corrected chi connectivity index (χ2v) is 8.63. The van der Waals surface area contributed by atoms with Gasteiger partial charge in [-0.25, -0.2) is 0 Å². The number of benzene rings is 1. The molecule has 8 heteroatoms. The Kier molecular flexibility index (Phi) is 7.38. The van der Waals surface area contributed by atoms with Gasteiger partial charge in [-0.3, -0.25) is 4.79 Å². The zero-order chi connectivity index (χ0) is 22.6. The maximum Gasteiger partial charge on any atom is 0.416 e. The number of Topliss-reactive ketones (excluding diaryl/α,β-unsaturated/α-hetero) is 1. The van der Waals surface area contributed by atoms with Gasteiger partial charge in [-0.1, -0.05) is 19.9 Å². The Morgan fingerprint density at radius 2 is 1.77 bits per heavy atom. The number of aromatic nitrogens is 3. The molecule has 1 aromatic heterocycles. The fourth-order valence-corrected chi connectivity index (χ4v) is 3.65. The first-order valence-electron chi connectivity index (χ1n) is 10.9. The van der Waals surface area contributed by atoms with Gasteiger partial charge in [-0.15, -0.1) is 10.2 Å². The summed E-state index contributed by atoms with van der Waals surface area (Å²) in [4.78, 5) is 12.5. The summed E-state index contributed by atoms with van der Waals surface area (Å²) in [5.74, 6) is 2.67. The van der Waals surface area contributed by atoms with E-state index in [1.165, 1.54) is 13.2 Å². The third-order valence-electron chi connectivity index (χ3n) is 5.61. The predicted molar refractivity (Wildman–Crippen MR) is 111 cm³/mol. The Hall–Kier alpha value is -2.38. The minimum absolute atomic E-state index is 0.0519. The van der Waals surface area contributed by atoms with Gasteiger partial charge in [0.2, 0.25) is 0 Å². The van der Waals surface area contributed by atoms with Crippen LogP contribution in [0.4, 0.5) is 13.2 Å². The highest BCUT2D eigenvalue weighted by atomic mass is 19.4. The van der Waals surface area contributed by atoms with Crippen molar-refractivity contribution in [2.75, 3.05) is 7.11 Å². The number of rotatable bonds is 11. The molecule has 31 heavy (non-hydrogen) atoms. The number of aryl methyl sites for hydroxylation is 3. The number of alkyl halides is 3. The van der Waals surface area contributed by atoms with Gasteiger partial charge in [-0.05, 0) is 49.3 Å². The Bertz CT molecular complexity index is 902. The Morgan fingerprint density at radius 3 is 2.35 bits per heavy atom. The number of nitrogens with zero attached hydrogens (tertiary/aromatic N) is 3. The minimum atomic E-state index is -4.42. The van der Waals surface area contributed by atoms with Crippen molar-refractivity contribution in [1.29, 1.82) is 0 Å². The largest absolute Gasteiger partial charge is 0.496 e. The molecule has 1 aliphatic rings. The highest BCUT2D eigenvalue weighted by Gasteiger charge is 2.31. The summed E-state index contributed by atoms with van der Waals surface area (Å²) in [5.41, 5.74) is -0.159. The van der Waals surface area contributed by atoms with Gasteiger partial charge < -0.3 is 9.30 Å². The van der Waals surface area contributed by atoms with Gasteiger partial charge in [0.05, 0.1) is 12.7 Å². The van der Waals surface area contributed by atoms with E-state index in [0.29, 0.717) is 36.8 Å². The maximum absolute atomic E-state index is 12.9. The van der Waals surface area contributed by atoms with Crippen LogP contribution in [0.25, 0.3) is 0 Å². The van der Waals surface area contributed by atoms with Crippen molar-refractivity contribution in [3.8, 4) is 5.75 Å². The van der Waals surface area contributed by atoms with E-state index in [4.69, 9.17) is 4.74 Å². The molecule has 0 N–H and O–H groups in total. The fraction of sp³-hybridized carbons (Fsp3) is 0.609. The standard InChI is InChI=1S/C23H30F3N3O2/c1-15(2)4-12-21-27-28-22(29(21)18-8-9-18)13-11-19(30)10-6-16-5-7-17(23(24,25)26)14-20(16)31-3/h5,7,14-15,18H,4,6,8-13H2,1-3H3. The molecule has 1 fully saturated rings. The van der Waals surface area contributed by atoms with Crippen molar-refractivity contribution in [1.82, 2.24) is 14.8 Å². The lowest BCUT2D eigenvalue weighted by atomic mass is 10.0. The number of carbonyl (C=O) groups is 1. The summed E-state index contributed by atoms with van der Waals surface area (Å²) < 4.78 is 45.9. The van der Waals surface area contributed by atoms with Crippen LogP contribution in [0.3, 0.4) is 0 Å². The van der Waals surface area contributed by atoms with Crippen molar-refractivity contribution < 1.29 is 22.7 Å². The van der Waals surface area contributed by atoms with Gasteiger partial charge >= 0.3 is 6.18 Å². The lowest BCUT2D eigenvalue weighted by Crippen LogP contribution is -2.10. The summed E-state index contributed by atoms with van der Waals surface area (Å²) >= 11 is 0. The van der Waals surface area contributed by atoms with Gasteiger partial charge in [0.15, 0.2) is 0 Å². The predicted octanol–water partition coefficient (Wildman–Crippen LogP) is 5.36. The van der Waals surface area contributed by atoms with Crippen molar-refractivity contribution in [2.45, 2.75) is 77.4 Å². The Labute approximate surface area is 181 Å². The molecular weight excluding hydrogens is 407 g/mol. The first kappa shape index (κ1) is 23.3. The van der Waals surface area contributed by atoms with E-state index >= 15 is 0 Å². The molecule has 5 nitrogen and oxygen atoms in total. The zero-order valence-electron chi connectivity index (χ0n) is 18.3. The SMILES string of the molecule is COc1cc(C(F)(F)F)ccc1CCC(=O)CCc1nnc(CCC(C)C)n1C1CC1. The smallest absolute Gasteiger partial charge is 0.416 e. The highest BCUT2D eigenvalue weighted by molar-refractivity contribution is 5.78. The molecule has 0 saturated heterocycles. The fourth-order valence-electron chi connectivity index (χ4n) is 3.65. The molecule has 0 atom stereocenters. The van der Waals surface area contributed by atoms with Crippen LogP contribution in [-0.4, -0.2) is 27.7 Å². The molecular formula is C23H30F3N3O2. The van der Waals surface area contributed by atoms with Crippen LogP contribution >= 0.6 is 0 Å². The van der Waals surface area contributed by atoms with Gasteiger partial charge in [0.25, 0.3) is 0 Å². The summed E-state index contributed by atoms with van der Waals surface area (Å²) in [7, 11) is 1.34. The molecule has 3 rings (SSSR count). The van der Waals surface area contributed by atoms with E-state index < -0.39 is 11.7 Å². The Morgan fingerprint density at radius 1 is 1.13 bits per heavy atom. The van der Waals surface area contributed by atoms with Crippen LogP contribution in [-0.2, 0) is 30.2 Å². The molecule has 0 unspecified atom stereocenters. The van der Waals surface area contributed by atoms with Crippen LogP contribution in [0, 0.1) is 5.92 Å². The summed E-state index contributed by atoms with van der Waals surface area (Å²) in [6.07, 6.45) is 1.25. The van der Waals surface area contributed by atoms with Gasteiger partial charge in [0.1, 0.15) is 23.2 Å². The van der Waals surface area contributed by atoms with Gasteiger partial charge in [-0.2, -0.15) is 13.2 Å². The highest BCUT2D eigenvalue weighted by Crippen LogP contribution is 2.37.